The summed E-state index contributed by atoms with van der Waals surface area (Å²) < 4.78 is 5.70. The van der Waals surface area contributed by atoms with Crippen molar-refractivity contribution in [3.05, 3.63) is 36.0 Å². The minimum Gasteiger partial charge on any atom is -0.398 e. The van der Waals surface area contributed by atoms with Crippen molar-refractivity contribution in [3.63, 3.8) is 0 Å². The molecule has 3 rings (SSSR count). The van der Waals surface area contributed by atoms with Crippen LogP contribution in [-0.4, -0.2) is 24.2 Å². The number of pyridine rings is 1. The van der Waals surface area contributed by atoms with Crippen LogP contribution in [0.4, 0.5) is 5.69 Å². The molecule has 20 heavy (non-hydrogen) atoms. The van der Waals surface area contributed by atoms with Crippen molar-refractivity contribution in [2.75, 3.05) is 18.9 Å². The number of fused-ring (bicyclic) bond motifs is 1. The first kappa shape index (κ1) is 13.3. The van der Waals surface area contributed by atoms with Gasteiger partial charge in [-0.3, -0.25) is 4.98 Å². The predicted octanol–water partition coefficient (Wildman–Crippen LogP) is 2.48. The van der Waals surface area contributed by atoms with E-state index in [4.69, 9.17) is 10.5 Å². The van der Waals surface area contributed by atoms with Gasteiger partial charge in [-0.25, -0.2) is 0 Å². The maximum absolute atomic E-state index is 6.08. The van der Waals surface area contributed by atoms with Crippen molar-refractivity contribution >= 4 is 16.6 Å². The number of benzene rings is 1. The zero-order valence-corrected chi connectivity index (χ0v) is 11.6. The van der Waals surface area contributed by atoms with Crippen molar-refractivity contribution in [1.82, 2.24) is 10.3 Å². The number of ether oxygens (including phenoxy) is 1. The van der Waals surface area contributed by atoms with E-state index in [-0.39, 0.29) is 0 Å². The molecule has 2 aromatic rings. The Balaban J connectivity index is 1.62. The van der Waals surface area contributed by atoms with E-state index < -0.39 is 0 Å². The molecule has 0 spiro atoms. The number of rotatable bonds is 4. The van der Waals surface area contributed by atoms with Gasteiger partial charge in [-0.1, -0.05) is 18.2 Å². The van der Waals surface area contributed by atoms with Crippen LogP contribution in [0.3, 0.4) is 0 Å². The molecule has 0 saturated carbocycles. The molecule has 4 nitrogen and oxygen atoms in total. The van der Waals surface area contributed by atoms with E-state index in [2.05, 4.69) is 10.3 Å². The van der Waals surface area contributed by atoms with E-state index in [1.165, 1.54) is 12.8 Å². The Morgan fingerprint density at radius 2 is 2.20 bits per heavy atom. The third-order valence-corrected chi connectivity index (χ3v) is 3.75. The Hall–Kier alpha value is -1.65. The first-order chi connectivity index (χ1) is 9.83. The van der Waals surface area contributed by atoms with Crippen LogP contribution < -0.4 is 11.1 Å². The van der Waals surface area contributed by atoms with Crippen molar-refractivity contribution < 1.29 is 4.74 Å². The van der Waals surface area contributed by atoms with Crippen LogP contribution in [-0.2, 0) is 11.3 Å². The van der Waals surface area contributed by atoms with Crippen molar-refractivity contribution in [2.24, 2.45) is 0 Å². The normalized spacial score (nSPS) is 19.3. The molecule has 0 aliphatic carbocycles. The van der Waals surface area contributed by atoms with Crippen LogP contribution in [0.5, 0.6) is 0 Å². The third-order valence-electron chi connectivity index (χ3n) is 3.75. The fraction of sp³-hybridized carbons (Fsp3) is 0.438. The van der Waals surface area contributed by atoms with E-state index in [1.54, 1.807) is 0 Å². The van der Waals surface area contributed by atoms with Gasteiger partial charge in [0.25, 0.3) is 0 Å². The number of nitrogens with two attached hydrogens (primary N) is 1. The Kier molecular flexibility index (Phi) is 4.14. The van der Waals surface area contributed by atoms with E-state index >= 15 is 0 Å². The number of nitrogens with one attached hydrogen (secondary N) is 1. The van der Waals surface area contributed by atoms with Gasteiger partial charge in [0, 0.05) is 30.8 Å². The molecule has 1 saturated heterocycles. The number of hydrogen-bond acceptors (Lipinski definition) is 4. The number of para-hydroxylation sites is 1. The minimum atomic E-state index is 0.349. The SMILES string of the molecule is Nc1cc(CNCC2CCCCO2)nc2ccccc12. The third kappa shape index (κ3) is 3.08. The summed E-state index contributed by atoms with van der Waals surface area (Å²) in [7, 11) is 0. The topological polar surface area (TPSA) is 60.2 Å². The molecule has 1 unspecified atom stereocenters. The second kappa shape index (κ2) is 6.20. The fourth-order valence-electron chi connectivity index (χ4n) is 2.68. The molecule has 0 bridgehead atoms. The van der Waals surface area contributed by atoms with Crippen LogP contribution in [0, 0.1) is 0 Å². The lowest BCUT2D eigenvalue weighted by atomic mass is 10.1. The highest BCUT2D eigenvalue weighted by Crippen LogP contribution is 2.20. The predicted molar refractivity (Wildman–Crippen MR) is 81.5 cm³/mol. The average molecular weight is 271 g/mol. The van der Waals surface area contributed by atoms with Gasteiger partial charge in [-0.05, 0) is 31.4 Å². The summed E-state index contributed by atoms with van der Waals surface area (Å²) in [4.78, 5) is 4.64. The van der Waals surface area contributed by atoms with Gasteiger partial charge >= 0.3 is 0 Å². The number of nitrogen functional groups attached to an aromatic ring is 1. The number of aromatic nitrogens is 1. The quantitative estimate of drug-likeness (QED) is 0.897. The van der Waals surface area contributed by atoms with Crippen molar-refractivity contribution in [2.45, 2.75) is 31.9 Å². The molecule has 1 aromatic heterocycles. The van der Waals surface area contributed by atoms with Crippen LogP contribution in [0.15, 0.2) is 30.3 Å². The summed E-state index contributed by atoms with van der Waals surface area (Å²) in [5.74, 6) is 0. The number of anilines is 1. The lowest BCUT2D eigenvalue weighted by Crippen LogP contribution is -2.31. The lowest BCUT2D eigenvalue weighted by molar-refractivity contribution is 0.0167. The molecular weight excluding hydrogens is 250 g/mol. The van der Waals surface area contributed by atoms with Crippen molar-refractivity contribution in [1.29, 1.82) is 0 Å². The zero-order chi connectivity index (χ0) is 13.8. The van der Waals surface area contributed by atoms with Crippen LogP contribution in [0.2, 0.25) is 0 Å². The van der Waals surface area contributed by atoms with Gasteiger partial charge < -0.3 is 15.8 Å². The van der Waals surface area contributed by atoms with Gasteiger partial charge in [0.1, 0.15) is 0 Å². The fourth-order valence-corrected chi connectivity index (χ4v) is 2.68. The minimum absolute atomic E-state index is 0.349. The molecule has 4 heteroatoms. The Morgan fingerprint density at radius 3 is 3.05 bits per heavy atom. The summed E-state index contributed by atoms with van der Waals surface area (Å²) >= 11 is 0. The second-order valence-corrected chi connectivity index (χ2v) is 5.34. The molecule has 106 valence electrons. The van der Waals surface area contributed by atoms with Gasteiger partial charge in [-0.2, -0.15) is 0 Å². The van der Waals surface area contributed by atoms with Crippen LogP contribution in [0.25, 0.3) is 10.9 Å². The Morgan fingerprint density at radius 1 is 1.30 bits per heavy atom. The summed E-state index contributed by atoms with van der Waals surface area (Å²) in [5.41, 5.74) is 8.81. The first-order valence-electron chi connectivity index (χ1n) is 7.29. The molecule has 1 aliphatic rings. The standard InChI is InChI=1S/C16H21N3O/c17-15-9-12(19-16-7-2-1-6-14(15)16)10-18-11-13-5-3-4-8-20-13/h1-2,6-7,9,13,18H,3-5,8,10-11H2,(H2,17,19). The Bertz CT molecular complexity index is 579. The molecule has 1 fully saturated rings. The highest BCUT2D eigenvalue weighted by atomic mass is 16.5. The second-order valence-electron chi connectivity index (χ2n) is 5.34. The zero-order valence-electron chi connectivity index (χ0n) is 11.6. The molecule has 0 radical (unpaired) electrons. The summed E-state index contributed by atoms with van der Waals surface area (Å²) in [5, 5.41) is 4.44. The molecule has 2 heterocycles. The largest absolute Gasteiger partial charge is 0.398 e. The highest BCUT2D eigenvalue weighted by Gasteiger charge is 2.13. The molecular formula is C16H21N3O. The van der Waals surface area contributed by atoms with E-state index in [0.717, 1.165) is 48.4 Å². The van der Waals surface area contributed by atoms with Crippen molar-refractivity contribution in [3.8, 4) is 0 Å². The van der Waals surface area contributed by atoms with Gasteiger partial charge in [0.05, 0.1) is 17.3 Å². The molecule has 1 aliphatic heterocycles. The van der Waals surface area contributed by atoms with Gasteiger partial charge in [0.2, 0.25) is 0 Å². The van der Waals surface area contributed by atoms with E-state index in [0.29, 0.717) is 6.10 Å². The van der Waals surface area contributed by atoms with E-state index in [9.17, 15) is 0 Å². The first-order valence-corrected chi connectivity index (χ1v) is 7.29. The van der Waals surface area contributed by atoms with Gasteiger partial charge in [0.15, 0.2) is 0 Å². The molecule has 1 atom stereocenters. The highest BCUT2D eigenvalue weighted by molar-refractivity contribution is 5.90. The molecule has 1 aromatic carbocycles. The van der Waals surface area contributed by atoms with Gasteiger partial charge in [-0.15, -0.1) is 0 Å². The maximum Gasteiger partial charge on any atom is 0.0726 e. The average Bonchev–Trinajstić information content (AvgIpc) is 2.48. The number of nitrogens with zero attached hydrogens (tertiary/aromatic N) is 1. The summed E-state index contributed by atoms with van der Waals surface area (Å²) in [6.07, 6.45) is 3.97. The Labute approximate surface area is 119 Å². The summed E-state index contributed by atoms with van der Waals surface area (Å²) in [6.45, 7) is 2.51. The van der Waals surface area contributed by atoms with Crippen LogP contribution in [0.1, 0.15) is 25.0 Å². The molecule has 3 N–H and O–H groups in total. The smallest absolute Gasteiger partial charge is 0.0726 e. The summed E-state index contributed by atoms with van der Waals surface area (Å²) in [6, 6.07) is 9.93. The number of hydrogen-bond donors (Lipinski definition) is 2. The monoisotopic (exact) mass is 271 g/mol. The molecule has 0 amide bonds. The van der Waals surface area contributed by atoms with E-state index in [1.807, 2.05) is 30.3 Å². The maximum atomic E-state index is 6.08. The lowest BCUT2D eigenvalue weighted by Gasteiger charge is -2.22. The van der Waals surface area contributed by atoms with Crippen LogP contribution >= 0.6 is 0 Å².